The summed E-state index contributed by atoms with van der Waals surface area (Å²) in [6, 6.07) is 11.4. The molecule has 2 unspecified atom stereocenters. The third-order valence-corrected chi connectivity index (χ3v) is 6.07. The molecule has 0 spiro atoms. The van der Waals surface area contributed by atoms with Gasteiger partial charge in [-0.1, -0.05) is 23.7 Å². The summed E-state index contributed by atoms with van der Waals surface area (Å²) >= 11 is 6.64. The molecular weight excluding hydrogens is 330 g/mol. The van der Waals surface area contributed by atoms with Gasteiger partial charge in [-0.25, -0.2) is 0 Å². The number of hydrogen-bond donors (Lipinski definition) is 0. The lowest BCUT2D eigenvalue weighted by Crippen LogP contribution is -2.38. The molecule has 0 saturated carbocycles. The highest BCUT2D eigenvalue weighted by atomic mass is 35.5. The van der Waals surface area contributed by atoms with Gasteiger partial charge in [0.15, 0.2) is 0 Å². The number of fused-ring (bicyclic) bond motifs is 3. The van der Waals surface area contributed by atoms with Gasteiger partial charge >= 0.3 is 0 Å². The highest BCUT2D eigenvalue weighted by Crippen LogP contribution is 2.41. The molecule has 4 heteroatoms. The number of likely N-dealkylation sites (N-methyl/N-ethyl adjacent to an activating group) is 1. The lowest BCUT2D eigenvalue weighted by molar-refractivity contribution is 0.177. The van der Waals surface area contributed by atoms with E-state index in [2.05, 4.69) is 59.6 Å². The highest BCUT2D eigenvalue weighted by molar-refractivity contribution is 6.35. The number of halogens is 1. The summed E-state index contributed by atoms with van der Waals surface area (Å²) in [4.78, 5) is 6.59. The van der Waals surface area contributed by atoms with Crippen LogP contribution in [0.1, 0.15) is 36.7 Å². The summed E-state index contributed by atoms with van der Waals surface area (Å²) in [5.41, 5.74) is 5.41. The van der Waals surface area contributed by atoms with Crippen LogP contribution in [0.4, 0.5) is 0 Å². The van der Waals surface area contributed by atoms with Gasteiger partial charge < -0.3 is 4.57 Å². The summed E-state index contributed by atoms with van der Waals surface area (Å²) in [6.45, 7) is 5.57. The Labute approximate surface area is 154 Å². The summed E-state index contributed by atoms with van der Waals surface area (Å²) in [5.74, 6) is 0. The van der Waals surface area contributed by atoms with Crippen molar-refractivity contribution in [3.05, 3.63) is 64.6 Å². The number of hydrogen-bond acceptors (Lipinski definition) is 2. The molecule has 3 nitrogen and oxygen atoms in total. The van der Waals surface area contributed by atoms with Gasteiger partial charge in [0.05, 0.1) is 10.5 Å². The zero-order valence-electron chi connectivity index (χ0n) is 15.0. The summed E-state index contributed by atoms with van der Waals surface area (Å²) in [6.07, 6.45) is 5.79. The molecule has 0 bridgehead atoms. The molecule has 1 aromatic carbocycles. The van der Waals surface area contributed by atoms with Gasteiger partial charge in [0.1, 0.15) is 0 Å². The molecule has 0 saturated heterocycles. The summed E-state index contributed by atoms with van der Waals surface area (Å²) in [7, 11) is 2.23. The quantitative estimate of drug-likeness (QED) is 0.669. The molecule has 2 atom stereocenters. The fourth-order valence-electron chi connectivity index (χ4n) is 4.18. The molecule has 0 amide bonds. The third-order valence-electron chi connectivity index (χ3n) is 5.77. The first-order valence-corrected chi connectivity index (χ1v) is 9.36. The van der Waals surface area contributed by atoms with Gasteiger partial charge in [-0.3, -0.25) is 9.88 Å². The standard InChI is InChI=1S/C21H24ClN3/c1-14-13-19-20(15(2)24(14)3)17-5-4-6-18(22)21(17)25(19)12-9-16-7-10-23-11-8-16/h4-8,10-11,14-15H,9,12-13H2,1-3H3. The number of aryl methyl sites for hydroxylation is 2. The molecule has 0 radical (unpaired) electrons. The van der Waals surface area contributed by atoms with Crippen LogP contribution in [0.3, 0.4) is 0 Å². The number of pyridine rings is 1. The lowest BCUT2D eigenvalue weighted by atomic mass is 9.93. The maximum atomic E-state index is 6.64. The van der Waals surface area contributed by atoms with Crippen LogP contribution < -0.4 is 0 Å². The van der Waals surface area contributed by atoms with E-state index in [9.17, 15) is 0 Å². The van der Waals surface area contributed by atoms with E-state index in [1.807, 2.05) is 18.5 Å². The molecule has 25 heavy (non-hydrogen) atoms. The van der Waals surface area contributed by atoms with Gasteiger partial charge in [-0.05, 0) is 56.6 Å². The lowest BCUT2D eigenvalue weighted by Gasteiger charge is -2.36. The van der Waals surface area contributed by atoms with Crippen LogP contribution in [-0.4, -0.2) is 27.5 Å². The maximum Gasteiger partial charge on any atom is 0.0675 e. The van der Waals surface area contributed by atoms with Crippen LogP contribution in [-0.2, 0) is 19.4 Å². The Hall–Kier alpha value is -1.84. The van der Waals surface area contributed by atoms with E-state index in [-0.39, 0.29) is 0 Å². The van der Waals surface area contributed by atoms with Crippen molar-refractivity contribution in [2.75, 3.05) is 7.05 Å². The molecule has 4 rings (SSSR count). The van der Waals surface area contributed by atoms with E-state index < -0.39 is 0 Å². The minimum absolute atomic E-state index is 0.405. The van der Waals surface area contributed by atoms with Gasteiger partial charge in [-0.2, -0.15) is 0 Å². The number of nitrogens with zero attached hydrogens (tertiary/aromatic N) is 3. The van der Waals surface area contributed by atoms with Crippen molar-refractivity contribution in [3.8, 4) is 0 Å². The molecule has 0 aliphatic carbocycles. The Morgan fingerprint density at radius 3 is 2.68 bits per heavy atom. The first kappa shape index (κ1) is 16.6. The molecule has 0 fully saturated rings. The van der Waals surface area contributed by atoms with E-state index in [0.717, 1.165) is 24.4 Å². The maximum absolute atomic E-state index is 6.64. The molecular formula is C21H24ClN3. The second kappa shape index (κ2) is 6.47. The average Bonchev–Trinajstić information content (AvgIpc) is 2.93. The predicted molar refractivity (Wildman–Crippen MR) is 104 cm³/mol. The second-order valence-electron chi connectivity index (χ2n) is 7.15. The Kier molecular flexibility index (Phi) is 4.30. The molecule has 0 N–H and O–H groups in total. The topological polar surface area (TPSA) is 21.1 Å². The summed E-state index contributed by atoms with van der Waals surface area (Å²) in [5, 5.41) is 2.16. The van der Waals surface area contributed by atoms with Gasteiger partial charge in [0.25, 0.3) is 0 Å². The zero-order valence-corrected chi connectivity index (χ0v) is 15.8. The second-order valence-corrected chi connectivity index (χ2v) is 7.56. The minimum atomic E-state index is 0.405. The van der Waals surface area contributed by atoms with E-state index in [4.69, 9.17) is 11.6 Å². The molecule has 130 valence electrons. The average molecular weight is 354 g/mol. The van der Waals surface area contributed by atoms with E-state index >= 15 is 0 Å². The first-order valence-electron chi connectivity index (χ1n) is 8.98. The zero-order chi connectivity index (χ0) is 17.6. The van der Waals surface area contributed by atoms with Crippen molar-refractivity contribution in [3.63, 3.8) is 0 Å². The molecule has 3 heterocycles. The van der Waals surface area contributed by atoms with E-state index in [1.165, 1.54) is 27.7 Å². The Morgan fingerprint density at radius 2 is 1.92 bits per heavy atom. The molecule has 2 aromatic heterocycles. The largest absolute Gasteiger partial charge is 0.343 e. The summed E-state index contributed by atoms with van der Waals surface area (Å²) < 4.78 is 2.47. The van der Waals surface area contributed by atoms with Crippen molar-refractivity contribution in [1.29, 1.82) is 0 Å². The van der Waals surface area contributed by atoms with Crippen LogP contribution in [0.2, 0.25) is 5.02 Å². The fraction of sp³-hybridized carbons (Fsp3) is 0.381. The van der Waals surface area contributed by atoms with Crippen molar-refractivity contribution in [2.45, 2.75) is 45.3 Å². The first-order chi connectivity index (χ1) is 12.1. The normalized spacial score (nSPS) is 20.8. The smallest absolute Gasteiger partial charge is 0.0675 e. The Balaban J connectivity index is 1.84. The number of benzene rings is 1. The molecule has 1 aliphatic rings. The van der Waals surface area contributed by atoms with E-state index in [1.54, 1.807) is 0 Å². The van der Waals surface area contributed by atoms with Crippen molar-refractivity contribution < 1.29 is 0 Å². The van der Waals surface area contributed by atoms with Gasteiger partial charge in [0, 0.05) is 48.5 Å². The number of rotatable bonds is 3. The Bertz CT molecular complexity index is 900. The fourth-order valence-corrected chi connectivity index (χ4v) is 4.45. The predicted octanol–water partition coefficient (Wildman–Crippen LogP) is 4.87. The van der Waals surface area contributed by atoms with Gasteiger partial charge in [0.2, 0.25) is 0 Å². The van der Waals surface area contributed by atoms with E-state index in [0.29, 0.717) is 12.1 Å². The van der Waals surface area contributed by atoms with Crippen molar-refractivity contribution in [2.24, 2.45) is 0 Å². The highest BCUT2D eigenvalue weighted by Gasteiger charge is 2.32. The van der Waals surface area contributed by atoms with Crippen LogP contribution in [0.15, 0.2) is 42.7 Å². The molecule has 1 aliphatic heterocycles. The SMILES string of the molecule is CC1Cc2c(c3cccc(Cl)c3n2CCc2ccncc2)C(C)N1C. The van der Waals surface area contributed by atoms with Crippen molar-refractivity contribution in [1.82, 2.24) is 14.5 Å². The number of aromatic nitrogens is 2. The third kappa shape index (κ3) is 2.76. The van der Waals surface area contributed by atoms with Crippen LogP contribution >= 0.6 is 11.6 Å². The van der Waals surface area contributed by atoms with Crippen LogP contribution in [0, 0.1) is 0 Å². The number of para-hydroxylation sites is 1. The minimum Gasteiger partial charge on any atom is -0.343 e. The van der Waals surface area contributed by atoms with Crippen LogP contribution in [0.5, 0.6) is 0 Å². The molecule has 3 aromatic rings. The van der Waals surface area contributed by atoms with Crippen LogP contribution in [0.25, 0.3) is 10.9 Å². The van der Waals surface area contributed by atoms with Crippen molar-refractivity contribution >= 4 is 22.5 Å². The van der Waals surface area contributed by atoms with Gasteiger partial charge in [-0.15, -0.1) is 0 Å². The Morgan fingerprint density at radius 1 is 1.16 bits per heavy atom. The monoisotopic (exact) mass is 353 g/mol.